The lowest BCUT2D eigenvalue weighted by Crippen LogP contribution is -2.32. The fourth-order valence-electron chi connectivity index (χ4n) is 11.6. The van der Waals surface area contributed by atoms with Crippen molar-refractivity contribution in [3.05, 3.63) is 270 Å². The Balaban J connectivity index is 1.01. The molecular weight excluding hydrogens is 815 g/mol. The lowest BCUT2D eigenvalue weighted by molar-refractivity contribution is 0.660. The van der Waals surface area contributed by atoms with Crippen molar-refractivity contribution >= 4 is 28.8 Å². The molecule has 0 radical (unpaired) electrons. The van der Waals surface area contributed by atoms with Crippen LogP contribution < -0.4 is 4.90 Å². The first-order valence-electron chi connectivity index (χ1n) is 23.0. The normalized spacial score (nSPS) is 15.5. The molecule has 1 heterocycles. The Morgan fingerprint density at radius 3 is 1.62 bits per heavy atom. The van der Waals surface area contributed by atoms with E-state index < -0.39 is 5.41 Å². The molecule has 0 saturated carbocycles. The van der Waals surface area contributed by atoms with Gasteiger partial charge in [-0.25, -0.2) is 0 Å². The maximum Gasteiger partial charge on any atom is 0.0741 e. The quantitative estimate of drug-likeness (QED) is 0.164. The number of fused-ring (bicyclic) bond motifs is 12. The molecule has 1 atom stereocenters. The molecule has 1 nitrogen and oxygen atoms in total. The highest BCUT2D eigenvalue weighted by Gasteiger charge is 2.51. The van der Waals surface area contributed by atoms with Gasteiger partial charge in [-0.15, -0.1) is 0 Å². The summed E-state index contributed by atoms with van der Waals surface area (Å²) in [6, 6.07) is 88.3. The maximum absolute atomic E-state index is 2.48. The van der Waals surface area contributed by atoms with Gasteiger partial charge in [-0.05, 0) is 132 Å². The molecule has 1 unspecified atom stereocenters. The highest BCUT2D eigenvalue weighted by molar-refractivity contribution is 7.99. The van der Waals surface area contributed by atoms with Crippen LogP contribution in [-0.4, -0.2) is 0 Å². The van der Waals surface area contributed by atoms with Gasteiger partial charge in [0, 0.05) is 32.1 Å². The summed E-state index contributed by atoms with van der Waals surface area (Å²) >= 11 is 1.90. The lowest BCUT2D eigenvalue weighted by atomic mass is 9.65. The summed E-state index contributed by atoms with van der Waals surface area (Å²) in [6.45, 7) is 4.73. The van der Waals surface area contributed by atoms with Gasteiger partial charge in [0.15, 0.2) is 0 Å². The van der Waals surface area contributed by atoms with Gasteiger partial charge in [0.25, 0.3) is 0 Å². The zero-order chi connectivity index (χ0) is 44.0. The topological polar surface area (TPSA) is 3.24 Å². The largest absolute Gasteiger partial charge is 0.310 e. The Morgan fingerprint density at radius 2 is 0.848 bits per heavy atom. The van der Waals surface area contributed by atoms with E-state index in [1.165, 1.54) is 98.8 Å². The molecule has 10 aromatic carbocycles. The third-order valence-electron chi connectivity index (χ3n) is 14.6. The second-order valence-corrected chi connectivity index (χ2v) is 19.4. The van der Waals surface area contributed by atoms with Crippen LogP contribution in [0.4, 0.5) is 17.1 Å². The Hall–Kier alpha value is -7.65. The van der Waals surface area contributed by atoms with Gasteiger partial charge < -0.3 is 4.90 Å². The minimum absolute atomic E-state index is 0.131. The van der Waals surface area contributed by atoms with Gasteiger partial charge in [-0.1, -0.05) is 214 Å². The van der Waals surface area contributed by atoms with Crippen molar-refractivity contribution in [2.24, 2.45) is 0 Å². The standard InChI is InChI=1S/C64H45NS/c1-63(2)54-27-12-9-23-50(54)52-38-37-47(41-57(52)63)65(59-30-15-11-22-48(59)43-20-7-4-8-21-43)46-35-32-44(33-36-46)49-25-17-26-53-51-24-10-13-28-55(51)64(62(49)53)56-29-14-16-31-60(56)66-61-39-34-45(40-58(61)64)42-18-5-3-6-19-42/h3-41H,1-2H3. The second-order valence-electron chi connectivity index (χ2n) is 18.4. The molecule has 0 amide bonds. The van der Waals surface area contributed by atoms with Gasteiger partial charge in [0.1, 0.15) is 0 Å². The van der Waals surface area contributed by atoms with Gasteiger partial charge in [-0.2, -0.15) is 0 Å². The van der Waals surface area contributed by atoms with E-state index in [0.29, 0.717) is 0 Å². The van der Waals surface area contributed by atoms with Crippen molar-refractivity contribution in [3.63, 3.8) is 0 Å². The maximum atomic E-state index is 2.48. The zero-order valence-electron chi connectivity index (χ0n) is 36.9. The van der Waals surface area contributed by atoms with Crippen LogP contribution in [0.2, 0.25) is 0 Å². The third kappa shape index (κ3) is 5.68. The molecule has 0 N–H and O–H groups in total. The summed E-state index contributed by atoms with van der Waals surface area (Å²) in [7, 11) is 0. The number of hydrogen-bond donors (Lipinski definition) is 0. The fourth-order valence-corrected chi connectivity index (χ4v) is 12.8. The first-order chi connectivity index (χ1) is 32.5. The average Bonchev–Trinajstić information content (AvgIpc) is 3.80. The Labute approximate surface area is 391 Å². The predicted octanol–water partition coefficient (Wildman–Crippen LogP) is 17.3. The molecule has 2 heteroatoms. The Kier molecular flexibility index (Phi) is 8.79. The van der Waals surface area contributed by atoms with Gasteiger partial charge in [0.05, 0.1) is 11.1 Å². The predicted molar refractivity (Wildman–Crippen MR) is 276 cm³/mol. The average molecular weight is 860 g/mol. The smallest absolute Gasteiger partial charge is 0.0741 e. The molecule has 3 aliphatic rings. The summed E-state index contributed by atoms with van der Waals surface area (Å²) in [5, 5.41) is 0. The molecule has 0 fully saturated rings. The lowest BCUT2D eigenvalue weighted by Gasteiger charge is -2.41. The first-order valence-corrected chi connectivity index (χ1v) is 23.8. The molecular formula is C64H45NS. The van der Waals surface area contributed by atoms with Crippen LogP contribution in [0.15, 0.2) is 246 Å². The number of nitrogens with zero attached hydrogens (tertiary/aromatic N) is 1. The molecule has 1 spiro atoms. The van der Waals surface area contributed by atoms with Crippen LogP contribution in [0.25, 0.3) is 55.6 Å². The third-order valence-corrected chi connectivity index (χ3v) is 15.7. The summed E-state index contributed by atoms with van der Waals surface area (Å²) < 4.78 is 0. The summed E-state index contributed by atoms with van der Waals surface area (Å²) in [5.41, 5.74) is 23.4. The first kappa shape index (κ1) is 38.8. The van der Waals surface area contributed by atoms with Crippen molar-refractivity contribution in [3.8, 4) is 55.6 Å². The van der Waals surface area contributed by atoms with Gasteiger partial charge >= 0.3 is 0 Å². The Bertz CT molecular complexity index is 3530. The number of rotatable bonds is 6. The van der Waals surface area contributed by atoms with Crippen LogP contribution in [0.1, 0.15) is 47.2 Å². The number of para-hydroxylation sites is 1. The molecule has 312 valence electrons. The van der Waals surface area contributed by atoms with Crippen LogP contribution >= 0.6 is 11.8 Å². The van der Waals surface area contributed by atoms with Gasteiger partial charge in [0.2, 0.25) is 0 Å². The van der Waals surface area contributed by atoms with Crippen LogP contribution in [0.5, 0.6) is 0 Å². The van der Waals surface area contributed by atoms with E-state index in [1.807, 2.05) is 11.8 Å². The number of hydrogen-bond acceptors (Lipinski definition) is 2. The molecule has 0 saturated heterocycles. The summed E-state index contributed by atoms with van der Waals surface area (Å²) in [4.78, 5) is 5.07. The highest BCUT2D eigenvalue weighted by Crippen LogP contribution is 2.64. The minimum atomic E-state index is -0.529. The summed E-state index contributed by atoms with van der Waals surface area (Å²) in [5.74, 6) is 0. The summed E-state index contributed by atoms with van der Waals surface area (Å²) in [6.07, 6.45) is 0. The molecule has 13 rings (SSSR count). The Morgan fingerprint density at radius 1 is 0.318 bits per heavy atom. The fraction of sp³-hybridized carbons (Fsp3) is 0.0625. The molecule has 2 aliphatic carbocycles. The molecule has 66 heavy (non-hydrogen) atoms. The van der Waals surface area contributed by atoms with Crippen LogP contribution in [0, 0.1) is 0 Å². The van der Waals surface area contributed by atoms with E-state index in [-0.39, 0.29) is 5.41 Å². The molecule has 0 aromatic heterocycles. The van der Waals surface area contributed by atoms with Crippen molar-refractivity contribution in [2.75, 3.05) is 4.90 Å². The van der Waals surface area contributed by atoms with E-state index in [4.69, 9.17) is 0 Å². The zero-order valence-corrected chi connectivity index (χ0v) is 37.7. The van der Waals surface area contributed by atoms with Crippen LogP contribution in [-0.2, 0) is 10.8 Å². The highest BCUT2D eigenvalue weighted by atomic mass is 32.2. The number of benzene rings is 10. The SMILES string of the molecule is CC1(C)c2ccccc2-c2ccc(N(c3ccc(-c4cccc5c4C4(c6ccccc6Sc6ccc(-c7ccccc7)cc64)c4ccccc4-5)cc3)c3ccccc3-c3ccccc3)cc21. The van der Waals surface area contributed by atoms with Crippen molar-refractivity contribution in [1.29, 1.82) is 0 Å². The van der Waals surface area contributed by atoms with E-state index in [2.05, 4.69) is 255 Å². The van der Waals surface area contributed by atoms with E-state index in [0.717, 1.165) is 17.1 Å². The monoisotopic (exact) mass is 859 g/mol. The van der Waals surface area contributed by atoms with Crippen molar-refractivity contribution < 1.29 is 0 Å². The molecule has 1 aliphatic heterocycles. The molecule has 10 aromatic rings. The van der Waals surface area contributed by atoms with Crippen LogP contribution in [0.3, 0.4) is 0 Å². The van der Waals surface area contributed by atoms with E-state index in [1.54, 1.807) is 0 Å². The van der Waals surface area contributed by atoms with Crippen molar-refractivity contribution in [1.82, 2.24) is 0 Å². The van der Waals surface area contributed by atoms with Crippen molar-refractivity contribution in [2.45, 2.75) is 34.5 Å². The van der Waals surface area contributed by atoms with E-state index in [9.17, 15) is 0 Å². The second kappa shape index (κ2) is 15.0. The van der Waals surface area contributed by atoms with E-state index >= 15 is 0 Å². The molecule has 0 bridgehead atoms. The number of anilines is 3. The minimum Gasteiger partial charge on any atom is -0.310 e. The van der Waals surface area contributed by atoms with Gasteiger partial charge in [-0.3, -0.25) is 0 Å².